The molecule has 10 heteroatoms. The summed E-state index contributed by atoms with van der Waals surface area (Å²) in [6.07, 6.45) is 0. The summed E-state index contributed by atoms with van der Waals surface area (Å²) in [6, 6.07) is 15.2. The first kappa shape index (κ1) is 25.9. The Morgan fingerprint density at radius 1 is 0.946 bits per heavy atom. The quantitative estimate of drug-likeness (QED) is 0.250. The molecule has 0 radical (unpaired) electrons. The summed E-state index contributed by atoms with van der Waals surface area (Å²) in [4.78, 5) is 28.0. The molecule has 1 aliphatic rings. The van der Waals surface area contributed by atoms with Gasteiger partial charge in [0.15, 0.2) is 11.5 Å². The molecule has 37 heavy (non-hydrogen) atoms. The minimum Gasteiger partial charge on any atom is -0.507 e. The number of halogens is 2. The van der Waals surface area contributed by atoms with Crippen LogP contribution in [0.1, 0.15) is 22.7 Å². The summed E-state index contributed by atoms with van der Waals surface area (Å²) in [5, 5.41) is 20.7. The number of aliphatic hydroxyl groups is 1. The van der Waals surface area contributed by atoms with Crippen LogP contribution >= 0.6 is 23.2 Å². The second-order valence-electron chi connectivity index (χ2n) is 7.89. The number of hydrogen-bond acceptors (Lipinski definition) is 7. The highest BCUT2D eigenvalue weighted by molar-refractivity contribution is 6.52. The Morgan fingerprint density at radius 2 is 1.57 bits per heavy atom. The van der Waals surface area contributed by atoms with Gasteiger partial charge in [0.05, 0.1) is 55.2 Å². The Kier molecular flexibility index (Phi) is 7.30. The highest BCUT2D eigenvalue weighted by atomic mass is 35.5. The number of nitriles is 1. The lowest BCUT2D eigenvalue weighted by Crippen LogP contribution is -2.29. The van der Waals surface area contributed by atoms with Gasteiger partial charge in [-0.2, -0.15) is 5.26 Å². The van der Waals surface area contributed by atoms with Gasteiger partial charge in [0.25, 0.3) is 11.7 Å². The van der Waals surface area contributed by atoms with Crippen molar-refractivity contribution in [3.05, 3.63) is 86.9 Å². The van der Waals surface area contributed by atoms with Crippen molar-refractivity contribution in [2.45, 2.75) is 6.04 Å². The van der Waals surface area contributed by atoms with Crippen LogP contribution in [-0.2, 0) is 9.59 Å². The van der Waals surface area contributed by atoms with Gasteiger partial charge in [0.1, 0.15) is 16.5 Å². The Labute approximate surface area is 222 Å². The number of benzene rings is 3. The molecular weight excluding hydrogens is 519 g/mol. The fourth-order valence-electron chi connectivity index (χ4n) is 4.19. The van der Waals surface area contributed by atoms with Crippen molar-refractivity contribution in [2.24, 2.45) is 0 Å². The van der Waals surface area contributed by atoms with Crippen molar-refractivity contribution in [1.29, 1.82) is 5.26 Å². The molecule has 0 aromatic heterocycles. The number of amides is 1. The number of anilines is 1. The standard InChI is InChI=1S/C27H20Cl2N2O6/c1-35-17-10-6-15(7-11-17)22-20(23(32)18-12-19(28)26(37-3)21(29)25(18)36-2)24(33)27(34)31(22)16-8-4-14(13-30)5-9-16/h4-12,22,32H,1-3H3/b23-20+. The molecule has 3 aromatic rings. The van der Waals surface area contributed by atoms with Gasteiger partial charge in [-0.25, -0.2) is 0 Å². The number of Topliss-reactive ketones (excluding diaryl/α,β-unsaturated/α-hetero) is 1. The molecule has 1 aliphatic heterocycles. The normalized spacial score (nSPS) is 16.4. The van der Waals surface area contributed by atoms with E-state index in [1.807, 2.05) is 6.07 Å². The highest BCUT2D eigenvalue weighted by Gasteiger charge is 2.47. The minimum atomic E-state index is -1.02. The zero-order valence-corrected chi connectivity index (χ0v) is 21.4. The predicted octanol–water partition coefficient (Wildman–Crippen LogP) is 5.52. The molecule has 0 bridgehead atoms. The number of carbonyl (C=O) groups is 2. The van der Waals surface area contributed by atoms with Gasteiger partial charge >= 0.3 is 0 Å². The van der Waals surface area contributed by atoms with Gasteiger partial charge in [-0.3, -0.25) is 14.5 Å². The summed E-state index contributed by atoms with van der Waals surface area (Å²) in [5.74, 6) is -1.61. The first-order chi connectivity index (χ1) is 17.8. The lowest BCUT2D eigenvalue weighted by molar-refractivity contribution is -0.132. The molecule has 0 spiro atoms. The smallest absolute Gasteiger partial charge is 0.300 e. The molecule has 0 saturated carbocycles. The van der Waals surface area contributed by atoms with Gasteiger partial charge in [0, 0.05) is 5.69 Å². The van der Waals surface area contributed by atoms with E-state index in [0.29, 0.717) is 22.6 Å². The monoisotopic (exact) mass is 538 g/mol. The maximum absolute atomic E-state index is 13.4. The summed E-state index contributed by atoms with van der Waals surface area (Å²) in [5.41, 5.74) is 1.08. The van der Waals surface area contributed by atoms with E-state index in [-0.39, 0.29) is 32.7 Å². The number of carbonyl (C=O) groups excluding carboxylic acids is 2. The second kappa shape index (κ2) is 10.4. The summed E-state index contributed by atoms with van der Waals surface area (Å²) in [7, 11) is 4.22. The molecule has 8 nitrogen and oxygen atoms in total. The van der Waals surface area contributed by atoms with Gasteiger partial charge < -0.3 is 19.3 Å². The number of rotatable bonds is 6. The molecule has 0 aliphatic carbocycles. The molecule has 1 fully saturated rings. The first-order valence-electron chi connectivity index (χ1n) is 10.8. The number of ketones is 1. The van der Waals surface area contributed by atoms with E-state index in [0.717, 1.165) is 0 Å². The van der Waals surface area contributed by atoms with Crippen LogP contribution in [0.2, 0.25) is 10.0 Å². The fraction of sp³-hybridized carbons (Fsp3) is 0.148. The fourth-order valence-corrected chi connectivity index (χ4v) is 4.88. The average Bonchev–Trinajstić information content (AvgIpc) is 3.18. The van der Waals surface area contributed by atoms with E-state index in [1.54, 1.807) is 36.4 Å². The average molecular weight is 539 g/mol. The number of hydrogen-bond donors (Lipinski definition) is 1. The Hall–Kier alpha value is -4.19. The number of ether oxygens (including phenoxy) is 3. The van der Waals surface area contributed by atoms with Crippen molar-refractivity contribution in [3.8, 4) is 23.3 Å². The molecule has 1 atom stereocenters. The van der Waals surface area contributed by atoms with Gasteiger partial charge in [-0.15, -0.1) is 0 Å². The third-order valence-electron chi connectivity index (χ3n) is 5.95. The SMILES string of the molecule is COc1ccc(C2/C(=C(\O)c3cc(Cl)c(OC)c(Cl)c3OC)C(=O)C(=O)N2c2ccc(C#N)cc2)cc1. The van der Waals surface area contributed by atoms with Crippen molar-refractivity contribution >= 4 is 46.3 Å². The molecular formula is C27H20Cl2N2O6. The first-order valence-corrected chi connectivity index (χ1v) is 11.6. The van der Waals surface area contributed by atoms with Crippen LogP contribution in [0, 0.1) is 11.3 Å². The third-order valence-corrected chi connectivity index (χ3v) is 6.57. The highest BCUT2D eigenvalue weighted by Crippen LogP contribution is 2.48. The number of methoxy groups -OCH3 is 3. The number of aliphatic hydroxyl groups excluding tert-OH is 1. The van der Waals surface area contributed by atoms with Gasteiger partial charge in [0.2, 0.25) is 0 Å². The molecule has 1 N–H and O–H groups in total. The topological polar surface area (TPSA) is 109 Å². The van der Waals surface area contributed by atoms with Crippen molar-refractivity contribution in [2.75, 3.05) is 26.2 Å². The molecule has 1 amide bonds. The van der Waals surface area contributed by atoms with E-state index >= 15 is 0 Å². The van der Waals surface area contributed by atoms with Crippen molar-refractivity contribution in [3.63, 3.8) is 0 Å². The molecule has 3 aromatic carbocycles. The minimum absolute atomic E-state index is 0.00893. The van der Waals surface area contributed by atoms with E-state index in [9.17, 15) is 14.7 Å². The Bertz CT molecular complexity index is 1460. The van der Waals surface area contributed by atoms with E-state index in [4.69, 9.17) is 42.7 Å². The van der Waals surface area contributed by atoms with Crippen molar-refractivity contribution in [1.82, 2.24) is 0 Å². The van der Waals surface area contributed by atoms with Crippen LogP contribution < -0.4 is 19.1 Å². The van der Waals surface area contributed by atoms with Crippen LogP contribution in [0.3, 0.4) is 0 Å². The lowest BCUT2D eigenvalue weighted by Gasteiger charge is -2.26. The largest absolute Gasteiger partial charge is 0.507 e. The third kappa shape index (κ3) is 4.44. The van der Waals surface area contributed by atoms with Crippen LogP contribution in [0.25, 0.3) is 5.76 Å². The molecule has 4 rings (SSSR count). The predicted molar refractivity (Wildman–Crippen MR) is 138 cm³/mol. The van der Waals surface area contributed by atoms with E-state index in [2.05, 4.69) is 0 Å². The van der Waals surface area contributed by atoms with Gasteiger partial charge in [-0.1, -0.05) is 35.3 Å². The summed E-state index contributed by atoms with van der Waals surface area (Å²) in [6.45, 7) is 0. The van der Waals surface area contributed by atoms with Crippen molar-refractivity contribution < 1.29 is 28.9 Å². The van der Waals surface area contributed by atoms with E-state index in [1.165, 1.54) is 44.4 Å². The molecule has 1 unspecified atom stereocenters. The maximum atomic E-state index is 13.4. The molecule has 188 valence electrons. The molecule has 1 saturated heterocycles. The lowest BCUT2D eigenvalue weighted by atomic mass is 9.94. The molecule has 1 heterocycles. The van der Waals surface area contributed by atoms with Gasteiger partial charge in [-0.05, 0) is 48.0 Å². The zero-order chi connectivity index (χ0) is 26.9. The van der Waals surface area contributed by atoms with Crippen LogP contribution in [0.4, 0.5) is 5.69 Å². The Morgan fingerprint density at radius 3 is 2.11 bits per heavy atom. The maximum Gasteiger partial charge on any atom is 0.300 e. The van der Waals surface area contributed by atoms with Crippen LogP contribution in [-0.4, -0.2) is 38.1 Å². The summed E-state index contributed by atoms with van der Waals surface area (Å²) < 4.78 is 15.9. The van der Waals surface area contributed by atoms with Crippen LogP contribution in [0.5, 0.6) is 17.2 Å². The Balaban J connectivity index is 2.00. The summed E-state index contributed by atoms with van der Waals surface area (Å²) >= 11 is 12.7. The second-order valence-corrected chi connectivity index (χ2v) is 8.67. The number of nitrogens with zero attached hydrogens (tertiary/aromatic N) is 2. The zero-order valence-electron chi connectivity index (χ0n) is 19.9. The van der Waals surface area contributed by atoms with Crippen LogP contribution in [0.15, 0.2) is 60.2 Å². The van der Waals surface area contributed by atoms with E-state index < -0.39 is 23.5 Å².